The summed E-state index contributed by atoms with van der Waals surface area (Å²) in [6, 6.07) is 13.5. The molecule has 10 rings (SSSR count). The fraction of sp³-hybridized carbons (Fsp3) is 0.404. The first kappa shape index (κ1) is 47.5. The Morgan fingerprint density at radius 3 is 1.60 bits per heavy atom. The standard InChI is InChI=1S/C23H24ClFN6O2.C14H7ClF2N4O2.C10H19N/c1-29-8-6-23(12-29)5-2-7-30(13-23)20-11-19-16(10-21(20)31(32)33)22(27-14-26-19)28-15-3-4-18(25)17(24)9-15;15-9-3-7(1-2-10(9)16)20-14-8-4-13(21(22)23)11(17)5-12(8)18-6-19-14;1-11-8-7-10(9-11)5-3-2-4-6-10/h3-4,9-11,14H,2,5-8,12-13H2,1H3,(H,26,27,28);1-6H,(H,18,19,20);2-9H2,1H3. The van der Waals surface area contributed by atoms with Crippen LogP contribution in [0.5, 0.6) is 0 Å². The van der Waals surface area contributed by atoms with Gasteiger partial charge in [0.05, 0.1) is 36.3 Å². The lowest BCUT2D eigenvalue weighted by Gasteiger charge is -2.41. The summed E-state index contributed by atoms with van der Waals surface area (Å²) in [5.41, 5.74) is 2.62. The van der Waals surface area contributed by atoms with Crippen molar-refractivity contribution in [1.29, 1.82) is 0 Å². The number of likely N-dealkylation sites (tertiary alicyclic amines) is 2. The molecule has 1 atom stereocenters. The third-order valence-electron chi connectivity index (χ3n) is 13.4. The number of nitro groups is 2. The summed E-state index contributed by atoms with van der Waals surface area (Å²) in [5.74, 6) is -1.49. The van der Waals surface area contributed by atoms with E-state index in [1.54, 1.807) is 6.07 Å². The van der Waals surface area contributed by atoms with Crippen molar-refractivity contribution in [3.8, 4) is 0 Å². The van der Waals surface area contributed by atoms with Gasteiger partial charge in [-0.3, -0.25) is 20.2 Å². The molecule has 1 aliphatic carbocycles. The molecule has 20 heteroatoms. The van der Waals surface area contributed by atoms with Gasteiger partial charge in [-0.05, 0) is 114 Å². The Kier molecular flexibility index (Phi) is 14.3. The molecule has 2 aromatic heterocycles. The van der Waals surface area contributed by atoms with Gasteiger partial charge in [0.15, 0.2) is 0 Å². The smallest absolute Gasteiger partial charge is 0.305 e. The number of piperidine rings is 1. The number of benzene rings is 4. The van der Waals surface area contributed by atoms with E-state index >= 15 is 0 Å². The van der Waals surface area contributed by atoms with E-state index < -0.39 is 28.1 Å². The van der Waals surface area contributed by atoms with Crippen LogP contribution in [0.1, 0.15) is 57.8 Å². The maximum Gasteiger partial charge on any atom is 0.305 e. The third-order valence-corrected chi connectivity index (χ3v) is 13.9. The first-order valence-electron chi connectivity index (χ1n) is 22.2. The Morgan fingerprint density at radius 1 is 0.582 bits per heavy atom. The molecule has 4 aromatic carbocycles. The Balaban J connectivity index is 0.000000154. The number of rotatable bonds is 7. The molecule has 5 heterocycles. The topological polar surface area (TPSA) is 172 Å². The minimum absolute atomic E-state index is 0.0248. The predicted octanol–water partition coefficient (Wildman–Crippen LogP) is 11.5. The molecule has 15 nitrogen and oxygen atoms in total. The zero-order chi connectivity index (χ0) is 47.5. The van der Waals surface area contributed by atoms with Gasteiger partial charge in [-0.25, -0.2) is 28.7 Å². The second-order valence-corrected chi connectivity index (χ2v) is 19.0. The van der Waals surface area contributed by atoms with Gasteiger partial charge in [-0.2, -0.15) is 4.39 Å². The molecule has 3 aliphatic heterocycles. The number of halogens is 5. The number of nitro benzene ring substituents is 2. The Labute approximate surface area is 395 Å². The van der Waals surface area contributed by atoms with Crippen LogP contribution in [0, 0.1) is 48.5 Å². The second kappa shape index (κ2) is 20.1. The zero-order valence-corrected chi connectivity index (χ0v) is 38.6. The van der Waals surface area contributed by atoms with Crippen LogP contribution in [0.2, 0.25) is 10.0 Å². The van der Waals surface area contributed by atoms with Crippen molar-refractivity contribution in [1.82, 2.24) is 29.7 Å². The largest absolute Gasteiger partial charge is 0.365 e. The van der Waals surface area contributed by atoms with Gasteiger partial charge in [0.2, 0.25) is 5.82 Å². The maximum absolute atomic E-state index is 13.6. The zero-order valence-electron chi connectivity index (χ0n) is 37.1. The Morgan fingerprint density at radius 2 is 1.09 bits per heavy atom. The molecule has 352 valence electrons. The summed E-state index contributed by atoms with van der Waals surface area (Å²) in [7, 11) is 4.40. The van der Waals surface area contributed by atoms with Crippen LogP contribution in [0.4, 0.5) is 53.2 Å². The van der Waals surface area contributed by atoms with E-state index in [1.165, 1.54) is 101 Å². The summed E-state index contributed by atoms with van der Waals surface area (Å²) in [4.78, 5) is 45.2. The molecule has 4 aliphatic rings. The van der Waals surface area contributed by atoms with Crippen molar-refractivity contribution in [2.24, 2.45) is 10.8 Å². The van der Waals surface area contributed by atoms with Crippen molar-refractivity contribution in [3.05, 3.63) is 121 Å². The van der Waals surface area contributed by atoms with Gasteiger partial charge >= 0.3 is 5.69 Å². The molecule has 0 radical (unpaired) electrons. The van der Waals surface area contributed by atoms with Crippen molar-refractivity contribution in [3.63, 3.8) is 0 Å². The third kappa shape index (κ3) is 10.9. The highest BCUT2D eigenvalue weighted by molar-refractivity contribution is 6.31. The molecule has 67 heavy (non-hydrogen) atoms. The van der Waals surface area contributed by atoms with Crippen LogP contribution in [0.25, 0.3) is 21.8 Å². The number of hydrogen-bond donors (Lipinski definition) is 2. The van der Waals surface area contributed by atoms with E-state index in [9.17, 15) is 33.4 Å². The molecule has 0 bridgehead atoms. The van der Waals surface area contributed by atoms with Crippen LogP contribution in [-0.2, 0) is 0 Å². The molecular formula is C47H50Cl2F3N11O4. The van der Waals surface area contributed by atoms with Crippen LogP contribution in [-0.4, -0.2) is 92.9 Å². The molecular weight excluding hydrogens is 910 g/mol. The Bertz CT molecular complexity index is 2810. The molecule has 4 fully saturated rings. The number of aromatic nitrogens is 4. The monoisotopic (exact) mass is 959 g/mol. The highest BCUT2D eigenvalue weighted by Gasteiger charge is 2.42. The lowest BCUT2D eigenvalue weighted by molar-refractivity contribution is -0.387. The number of hydrogen-bond acceptors (Lipinski definition) is 13. The first-order chi connectivity index (χ1) is 32.1. The van der Waals surface area contributed by atoms with Crippen LogP contribution < -0.4 is 15.5 Å². The highest BCUT2D eigenvalue weighted by atomic mass is 35.5. The summed E-state index contributed by atoms with van der Waals surface area (Å²) in [6.07, 6.45) is 14.8. The molecule has 1 unspecified atom stereocenters. The van der Waals surface area contributed by atoms with Gasteiger partial charge in [0, 0.05) is 66.6 Å². The Hall–Kier alpha value is -5.95. The average Bonchev–Trinajstić information content (AvgIpc) is 3.85. The van der Waals surface area contributed by atoms with E-state index in [4.69, 9.17) is 23.2 Å². The summed E-state index contributed by atoms with van der Waals surface area (Å²) < 4.78 is 40.3. The van der Waals surface area contributed by atoms with Crippen molar-refractivity contribution in [2.75, 3.05) is 68.9 Å². The quantitative estimate of drug-likeness (QED) is 0.114. The normalized spacial score (nSPS) is 19.2. The molecule has 1 saturated carbocycles. The summed E-state index contributed by atoms with van der Waals surface area (Å²) in [6.45, 7) is 6.38. The fourth-order valence-electron chi connectivity index (χ4n) is 10.1. The van der Waals surface area contributed by atoms with Crippen molar-refractivity contribution < 1.29 is 23.0 Å². The molecule has 2 spiro atoms. The van der Waals surface area contributed by atoms with Crippen LogP contribution in [0.3, 0.4) is 0 Å². The van der Waals surface area contributed by atoms with Gasteiger partial charge in [0.1, 0.15) is 41.6 Å². The highest BCUT2D eigenvalue weighted by Crippen LogP contribution is 2.44. The minimum Gasteiger partial charge on any atom is -0.365 e. The van der Waals surface area contributed by atoms with E-state index in [2.05, 4.69) is 59.4 Å². The van der Waals surface area contributed by atoms with E-state index in [-0.39, 0.29) is 42.8 Å². The summed E-state index contributed by atoms with van der Waals surface area (Å²) >= 11 is 11.6. The number of nitrogens with one attached hydrogen (secondary N) is 2. The van der Waals surface area contributed by atoms with Gasteiger partial charge in [-0.15, -0.1) is 0 Å². The lowest BCUT2D eigenvalue weighted by Crippen LogP contribution is -2.44. The average molecular weight is 961 g/mol. The first-order valence-corrected chi connectivity index (χ1v) is 22.9. The maximum atomic E-state index is 13.6. The SMILES string of the molecule is CN1CCC2(CCCCC2)C1.CN1CCC2(CCCN(c3cc4ncnc(Nc5ccc(F)c(Cl)c5)c4cc3[N+](=O)[O-])C2)C1.O=[N+]([O-])c1cc2c(Nc3ccc(F)c(Cl)c3)ncnc2cc1F. The lowest BCUT2D eigenvalue weighted by atomic mass is 9.74. The van der Waals surface area contributed by atoms with Crippen molar-refractivity contribution >= 4 is 85.1 Å². The molecule has 0 amide bonds. The minimum atomic E-state index is -0.989. The van der Waals surface area contributed by atoms with Gasteiger partial charge in [0.25, 0.3) is 5.69 Å². The fourth-order valence-corrected chi connectivity index (χ4v) is 10.4. The van der Waals surface area contributed by atoms with Crippen molar-refractivity contribution in [2.45, 2.75) is 57.8 Å². The molecule has 6 aromatic rings. The second-order valence-electron chi connectivity index (χ2n) is 18.2. The number of fused-ring (bicyclic) bond motifs is 2. The molecule has 3 saturated heterocycles. The van der Waals surface area contributed by atoms with Crippen LogP contribution >= 0.6 is 23.2 Å². The molecule has 2 N–H and O–H groups in total. The van der Waals surface area contributed by atoms with Crippen LogP contribution in [0.15, 0.2) is 73.3 Å². The van der Waals surface area contributed by atoms with Gasteiger partial charge in [-0.1, -0.05) is 42.5 Å². The van der Waals surface area contributed by atoms with E-state index in [0.717, 1.165) is 69.1 Å². The number of nitrogens with zero attached hydrogens (tertiary/aromatic N) is 9. The van der Waals surface area contributed by atoms with E-state index in [1.807, 2.05) is 0 Å². The number of anilines is 5. The predicted molar refractivity (Wildman–Crippen MR) is 255 cm³/mol. The summed E-state index contributed by atoms with van der Waals surface area (Å²) in [5, 5.41) is 29.5. The van der Waals surface area contributed by atoms with E-state index in [0.29, 0.717) is 33.8 Å². The van der Waals surface area contributed by atoms with Gasteiger partial charge < -0.3 is 25.3 Å².